The Balaban J connectivity index is 1.65. The third kappa shape index (κ3) is 3.33. The van der Waals surface area contributed by atoms with E-state index in [9.17, 15) is 9.59 Å². The lowest BCUT2D eigenvalue weighted by molar-refractivity contribution is 0.0980. The highest BCUT2D eigenvalue weighted by Gasteiger charge is 2.34. The topological polar surface area (TPSA) is 110 Å². The van der Waals surface area contributed by atoms with Gasteiger partial charge in [0.2, 0.25) is 0 Å². The fourth-order valence-corrected chi connectivity index (χ4v) is 3.88. The highest BCUT2D eigenvalue weighted by molar-refractivity contribution is 6.32. The molecular formula is C26H20N4O2. The second-order valence-electron chi connectivity index (χ2n) is 7.61. The summed E-state index contributed by atoms with van der Waals surface area (Å²) < 4.78 is 0. The van der Waals surface area contributed by atoms with Crippen LogP contribution in [0.1, 0.15) is 31.8 Å². The quantitative estimate of drug-likeness (QED) is 0.301. The van der Waals surface area contributed by atoms with Crippen LogP contribution in [0.4, 0.5) is 34.1 Å². The van der Waals surface area contributed by atoms with Crippen molar-refractivity contribution < 1.29 is 9.59 Å². The summed E-state index contributed by atoms with van der Waals surface area (Å²) in [6, 6.07) is 24.9. The van der Waals surface area contributed by atoms with Gasteiger partial charge in [-0.1, -0.05) is 24.3 Å². The van der Waals surface area contributed by atoms with Crippen LogP contribution in [0.25, 0.3) is 0 Å². The number of carbonyl (C=O) groups excluding carboxylic acids is 2. The summed E-state index contributed by atoms with van der Waals surface area (Å²) in [5.74, 6) is -0.400. The number of ketones is 2. The first-order valence-electron chi connectivity index (χ1n) is 10.1. The zero-order chi connectivity index (χ0) is 22.2. The number of nitrogens with one attached hydrogen (secondary N) is 2. The van der Waals surface area contributed by atoms with E-state index in [0.717, 1.165) is 11.4 Å². The Morgan fingerprint density at radius 2 is 0.875 bits per heavy atom. The summed E-state index contributed by atoms with van der Waals surface area (Å²) in [7, 11) is 0. The maximum atomic E-state index is 13.5. The highest BCUT2D eigenvalue weighted by atomic mass is 16.1. The van der Waals surface area contributed by atoms with Crippen molar-refractivity contribution >= 4 is 45.7 Å². The van der Waals surface area contributed by atoms with E-state index in [0.29, 0.717) is 45.0 Å². The van der Waals surface area contributed by atoms with E-state index in [4.69, 9.17) is 11.5 Å². The molecule has 0 heterocycles. The molecule has 0 atom stereocenters. The molecule has 0 saturated heterocycles. The minimum Gasteiger partial charge on any atom is -0.399 e. The fraction of sp³-hybridized carbons (Fsp3) is 0. The molecule has 0 aliphatic heterocycles. The largest absolute Gasteiger partial charge is 0.399 e. The van der Waals surface area contributed by atoms with Gasteiger partial charge in [-0.15, -0.1) is 0 Å². The van der Waals surface area contributed by atoms with Crippen molar-refractivity contribution in [2.24, 2.45) is 0 Å². The number of hydrogen-bond acceptors (Lipinski definition) is 6. The predicted molar refractivity (Wildman–Crippen MR) is 128 cm³/mol. The summed E-state index contributed by atoms with van der Waals surface area (Å²) in [6.07, 6.45) is 0. The van der Waals surface area contributed by atoms with Gasteiger partial charge in [-0.05, 0) is 60.7 Å². The Labute approximate surface area is 184 Å². The molecule has 6 heteroatoms. The molecule has 0 aromatic heterocycles. The van der Waals surface area contributed by atoms with Crippen LogP contribution in [0.15, 0.2) is 84.9 Å². The van der Waals surface area contributed by atoms with Crippen LogP contribution in [0.5, 0.6) is 0 Å². The van der Waals surface area contributed by atoms with Crippen LogP contribution in [-0.2, 0) is 0 Å². The van der Waals surface area contributed by atoms with Gasteiger partial charge in [0.15, 0.2) is 11.6 Å². The first-order chi connectivity index (χ1) is 15.5. The lowest BCUT2D eigenvalue weighted by Gasteiger charge is -2.24. The smallest absolute Gasteiger partial charge is 0.196 e. The van der Waals surface area contributed by atoms with Crippen molar-refractivity contribution in [2.75, 3.05) is 22.1 Å². The van der Waals surface area contributed by atoms with E-state index < -0.39 is 0 Å². The van der Waals surface area contributed by atoms with Crippen LogP contribution in [0.3, 0.4) is 0 Å². The Bertz CT molecular complexity index is 1250. The average Bonchev–Trinajstić information content (AvgIpc) is 2.81. The van der Waals surface area contributed by atoms with Gasteiger partial charge < -0.3 is 22.1 Å². The fourth-order valence-electron chi connectivity index (χ4n) is 3.88. The first-order valence-corrected chi connectivity index (χ1v) is 10.1. The molecule has 0 saturated carbocycles. The van der Waals surface area contributed by atoms with E-state index in [1.165, 1.54) is 0 Å². The minimum atomic E-state index is -0.200. The number of nitrogen functional groups attached to an aromatic ring is 2. The number of hydrogen-bond donors (Lipinski definition) is 4. The Kier molecular flexibility index (Phi) is 4.60. The highest BCUT2D eigenvalue weighted by Crippen LogP contribution is 2.38. The molecule has 0 radical (unpaired) electrons. The number of rotatable bonds is 4. The lowest BCUT2D eigenvalue weighted by atomic mass is 9.82. The van der Waals surface area contributed by atoms with Crippen molar-refractivity contribution in [1.82, 2.24) is 0 Å². The molecule has 0 bridgehead atoms. The van der Waals surface area contributed by atoms with E-state index in [2.05, 4.69) is 10.6 Å². The molecule has 4 aromatic carbocycles. The first kappa shape index (κ1) is 19.4. The molecule has 156 valence electrons. The van der Waals surface area contributed by atoms with Gasteiger partial charge >= 0.3 is 0 Å². The van der Waals surface area contributed by atoms with Gasteiger partial charge in [0, 0.05) is 33.9 Å². The second-order valence-corrected chi connectivity index (χ2v) is 7.61. The number of nitrogens with two attached hydrogens (primary N) is 2. The maximum absolute atomic E-state index is 13.5. The zero-order valence-electron chi connectivity index (χ0n) is 17.1. The van der Waals surface area contributed by atoms with Gasteiger partial charge in [-0.25, -0.2) is 0 Å². The lowest BCUT2D eigenvalue weighted by Crippen LogP contribution is -2.23. The van der Waals surface area contributed by atoms with Crippen molar-refractivity contribution in [3.63, 3.8) is 0 Å². The maximum Gasteiger partial charge on any atom is 0.196 e. The number of carbonyl (C=O) groups is 2. The van der Waals surface area contributed by atoms with E-state index in [1.54, 1.807) is 60.7 Å². The average molecular weight is 420 g/mol. The van der Waals surface area contributed by atoms with Gasteiger partial charge in [0.25, 0.3) is 0 Å². The van der Waals surface area contributed by atoms with Gasteiger partial charge in [0.05, 0.1) is 22.5 Å². The van der Waals surface area contributed by atoms with Gasteiger partial charge in [0.1, 0.15) is 0 Å². The number of fused-ring (bicyclic) bond motifs is 2. The van der Waals surface area contributed by atoms with Gasteiger partial charge in [-0.3, -0.25) is 9.59 Å². The molecule has 32 heavy (non-hydrogen) atoms. The summed E-state index contributed by atoms with van der Waals surface area (Å²) in [4.78, 5) is 27.0. The molecule has 1 aliphatic rings. The molecule has 6 nitrogen and oxygen atoms in total. The Hall–Kier alpha value is -4.58. The van der Waals surface area contributed by atoms with Crippen LogP contribution in [-0.4, -0.2) is 11.6 Å². The second kappa shape index (κ2) is 7.59. The summed E-state index contributed by atoms with van der Waals surface area (Å²) in [6.45, 7) is 0. The van der Waals surface area contributed by atoms with Crippen LogP contribution in [0.2, 0.25) is 0 Å². The molecule has 0 unspecified atom stereocenters. The third-order valence-electron chi connectivity index (χ3n) is 5.46. The van der Waals surface area contributed by atoms with Crippen LogP contribution >= 0.6 is 0 Å². The molecule has 0 spiro atoms. The van der Waals surface area contributed by atoms with Crippen LogP contribution in [0, 0.1) is 0 Å². The minimum absolute atomic E-state index is 0.200. The molecule has 0 amide bonds. The zero-order valence-corrected chi connectivity index (χ0v) is 17.1. The molecule has 1 aliphatic carbocycles. The normalized spacial score (nSPS) is 12.1. The molecule has 5 rings (SSSR count). The summed E-state index contributed by atoms with van der Waals surface area (Å²) in [5.41, 5.74) is 17.0. The molecule has 4 aromatic rings. The van der Waals surface area contributed by atoms with E-state index >= 15 is 0 Å². The monoisotopic (exact) mass is 420 g/mol. The SMILES string of the molecule is Nc1ccc(Nc2ccc(Nc3ccc(N)cc3)c3c2C(=O)c2ccccc2C3=O)cc1. The molecule has 6 N–H and O–H groups in total. The molecule has 0 fully saturated rings. The van der Waals surface area contributed by atoms with Crippen molar-refractivity contribution in [3.8, 4) is 0 Å². The standard InChI is InChI=1S/C26H20N4O2/c27-15-5-9-17(10-6-15)29-21-13-14-22(30-18-11-7-16(28)8-12-18)24-23(21)25(31)19-3-1-2-4-20(19)26(24)32/h1-14,29-30H,27-28H2. The van der Waals surface area contributed by atoms with Crippen LogP contribution < -0.4 is 22.1 Å². The van der Waals surface area contributed by atoms with Gasteiger partial charge in [-0.2, -0.15) is 0 Å². The van der Waals surface area contributed by atoms with Crippen molar-refractivity contribution in [2.45, 2.75) is 0 Å². The third-order valence-corrected chi connectivity index (χ3v) is 5.46. The number of anilines is 6. The van der Waals surface area contributed by atoms with Crippen molar-refractivity contribution in [1.29, 1.82) is 0 Å². The Morgan fingerprint density at radius 3 is 1.25 bits per heavy atom. The predicted octanol–water partition coefficient (Wildman–Crippen LogP) is 5.11. The number of benzene rings is 4. The summed E-state index contributed by atoms with van der Waals surface area (Å²) >= 11 is 0. The van der Waals surface area contributed by atoms with E-state index in [1.807, 2.05) is 24.3 Å². The summed E-state index contributed by atoms with van der Waals surface area (Å²) in [5, 5.41) is 6.53. The Morgan fingerprint density at radius 1 is 0.500 bits per heavy atom. The molecular weight excluding hydrogens is 400 g/mol. The van der Waals surface area contributed by atoms with Crippen molar-refractivity contribution in [3.05, 3.63) is 107 Å². The van der Waals surface area contributed by atoms with E-state index in [-0.39, 0.29) is 11.6 Å².